The van der Waals surface area contributed by atoms with E-state index in [0.29, 0.717) is 13.0 Å². The van der Waals surface area contributed by atoms with E-state index >= 15 is 0 Å². The molecule has 1 N–H and O–H groups in total. The lowest BCUT2D eigenvalue weighted by Gasteiger charge is -2.37. The number of benzene rings is 1. The molecule has 1 heterocycles. The van der Waals surface area contributed by atoms with Crippen LogP contribution in [0.25, 0.3) is 0 Å². The van der Waals surface area contributed by atoms with Gasteiger partial charge in [-0.3, -0.25) is 4.79 Å². The number of ether oxygens (including phenoxy) is 1. The fourth-order valence-electron chi connectivity index (χ4n) is 2.69. The maximum Gasteiger partial charge on any atom is 0.223 e. The van der Waals surface area contributed by atoms with Crippen LogP contribution in [-0.2, 0) is 9.53 Å². The Morgan fingerprint density at radius 3 is 2.91 bits per heavy atom. The van der Waals surface area contributed by atoms with Crippen LogP contribution < -0.4 is 5.32 Å². The number of amides is 1. The maximum atomic E-state index is 12.5. The molecule has 0 aliphatic carbocycles. The van der Waals surface area contributed by atoms with Gasteiger partial charge in [0.05, 0.1) is 6.04 Å². The molecule has 4 nitrogen and oxygen atoms in total. The number of unbranched alkanes of at least 4 members (excludes halogenated alkanes) is 1. The van der Waals surface area contributed by atoms with Crippen LogP contribution in [0.3, 0.4) is 0 Å². The highest BCUT2D eigenvalue weighted by atomic mass is 35.5. The standard InChI is InChI=1S/C16H23ClN2O2.ClH/c1-21-11-5-4-8-16(20)19-10-9-18-12-15(19)13-6-2-3-7-14(13)17;/h2-3,6-7,15,18H,4-5,8-12H2,1H3;1H. The third-order valence-electron chi connectivity index (χ3n) is 3.82. The summed E-state index contributed by atoms with van der Waals surface area (Å²) in [5.41, 5.74) is 1.02. The van der Waals surface area contributed by atoms with Crippen LogP contribution in [0.4, 0.5) is 0 Å². The van der Waals surface area contributed by atoms with E-state index in [1.165, 1.54) is 0 Å². The summed E-state index contributed by atoms with van der Waals surface area (Å²) in [5, 5.41) is 4.07. The second-order valence-electron chi connectivity index (χ2n) is 5.28. The smallest absolute Gasteiger partial charge is 0.223 e. The Morgan fingerprint density at radius 1 is 1.41 bits per heavy atom. The fraction of sp³-hybridized carbons (Fsp3) is 0.562. The monoisotopic (exact) mass is 346 g/mol. The Balaban J connectivity index is 0.00000242. The fourth-order valence-corrected chi connectivity index (χ4v) is 2.95. The summed E-state index contributed by atoms with van der Waals surface area (Å²) < 4.78 is 5.02. The first kappa shape index (κ1) is 19.2. The molecular formula is C16H24Cl2N2O2. The van der Waals surface area contributed by atoms with E-state index < -0.39 is 0 Å². The Morgan fingerprint density at radius 2 is 2.18 bits per heavy atom. The lowest BCUT2D eigenvalue weighted by molar-refractivity contribution is -0.134. The topological polar surface area (TPSA) is 41.6 Å². The summed E-state index contributed by atoms with van der Waals surface area (Å²) >= 11 is 6.29. The molecule has 1 atom stereocenters. The normalized spacial score (nSPS) is 17.9. The van der Waals surface area contributed by atoms with Crippen molar-refractivity contribution in [2.45, 2.75) is 25.3 Å². The quantitative estimate of drug-likeness (QED) is 0.805. The first-order valence-electron chi connectivity index (χ1n) is 7.47. The summed E-state index contributed by atoms with van der Waals surface area (Å²) in [7, 11) is 1.69. The highest BCUT2D eigenvalue weighted by molar-refractivity contribution is 6.31. The summed E-state index contributed by atoms with van der Waals surface area (Å²) in [5.74, 6) is 0.206. The lowest BCUT2D eigenvalue weighted by atomic mass is 10.0. The van der Waals surface area contributed by atoms with E-state index in [2.05, 4.69) is 5.32 Å². The molecule has 1 aliphatic rings. The molecule has 2 rings (SSSR count). The molecule has 1 aliphatic heterocycles. The number of halogens is 2. The van der Waals surface area contributed by atoms with Gasteiger partial charge in [0.25, 0.3) is 0 Å². The van der Waals surface area contributed by atoms with Gasteiger partial charge in [-0.15, -0.1) is 12.4 Å². The molecule has 1 fully saturated rings. The van der Waals surface area contributed by atoms with E-state index in [1.54, 1.807) is 7.11 Å². The summed E-state index contributed by atoms with van der Waals surface area (Å²) in [6, 6.07) is 7.80. The van der Waals surface area contributed by atoms with Crippen molar-refractivity contribution in [1.82, 2.24) is 10.2 Å². The van der Waals surface area contributed by atoms with E-state index in [-0.39, 0.29) is 24.4 Å². The Bertz CT molecular complexity index is 471. The molecule has 1 saturated heterocycles. The van der Waals surface area contributed by atoms with Crippen LogP contribution in [0.1, 0.15) is 30.9 Å². The second kappa shape index (κ2) is 10.1. The van der Waals surface area contributed by atoms with Crippen molar-refractivity contribution in [1.29, 1.82) is 0 Å². The van der Waals surface area contributed by atoms with Crippen molar-refractivity contribution in [2.75, 3.05) is 33.4 Å². The SMILES string of the molecule is COCCCCC(=O)N1CCNCC1c1ccccc1Cl.Cl. The number of hydrogen-bond acceptors (Lipinski definition) is 3. The van der Waals surface area contributed by atoms with Crippen LogP contribution in [0.15, 0.2) is 24.3 Å². The third kappa shape index (κ3) is 5.13. The predicted molar refractivity (Wildman–Crippen MR) is 91.8 cm³/mol. The minimum Gasteiger partial charge on any atom is -0.385 e. The largest absolute Gasteiger partial charge is 0.385 e. The summed E-state index contributed by atoms with van der Waals surface area (Å²) in [6.07, 6.45) is 2.36. The highest BCUT2D eigenvalue weighted by Crippen LogP contribution is 2.29. The van der Waals surface area contributed by atoms with E-state index in [1.807, 2.05) is 29.2 Å². The van der Waals surface area contributed by atoms with Crippen LogP contribution in [0, 0.1) is 0 Å². The van der Waals surface area contributed by atoms with Crippen LogP contribution >= 0.6 is 24.0 Å². The summed E-state index contributed by atoms with van der Waals surface area (Å²) in [6.45, 7) is 3.04. The van der Waals surface area contributed by atoms with Crippen LogP contribution in [0.2, 0.25) is 5.02 Å². The number of rotatable bonds is 6. The summed E-state index contributed by atoms with van der Waals surface area (Å²) in [4.78, 5) is 14.4. The zero-order chi connectivity index (χ0) is 15.1. The molecule has 1 amide bonds. The third-order valence-corrected chi connectivity index (χ3v) is 4.16. The average molecular weight is 347 g/mol. The number of methoxy groups -OCH3 is 1. The van der Waals surface area contributed by atoms with Crippen molar-refractivity contribution < 1.29 is 9.53 Å². The number of carbonyl (C=O) groups is 1. The van der Waals surface area contributed by atoms with Crippen LogP contribution in [-0.4, -0.2) is 44.2 Å². The van der Waals surface area contributed by atoms with Crippen molar-refractivity contribution in [3.8, 4) is 0 Å². The van der Waals surface area contributed by atoms with E-state index in [4.69, 9.17) is 16.3 Å². The molecular weight excluding hydrogens is 323 g/mol. The number of piperazine rings is 1. The number of nitrogens with one attached hydrogen (secondary N) is 1. The Kier molecular flexibility index (Phi) is 8.79. The Hall–Kier alpha value is -0.810. The van der Waals surface area contributed by atoms with Gasteiger partial charge in [0, 0.05) is 44.8 Å². The molecule has 0 saturated carbocycles. The minimum absolute atomic E-state index is 0. The van der Waals surface area contributed by atoms with Crippen molar-refractivity contribution in [3.63, 3.8) is 0 Å². The van der Waals surface area contributed by atoms with Gasteiger partial charge in [-0.05, 0) is 24.5 Å². The van der Waals surface area contributed by atoms with Gasteiger partial charge in [-0.1, -0.05) is 29.8 Å². The zero-order valence-corrected chi connectivity index (χ0v) is 14.5. The van der Waals surface area contributed by atoms with Crippen LogP contribution in [0.5, 0.6) is 0 Å². The number of carbonyl (C=O) groups excluding carboxylic acids is 1. The molecule has 124 valence electrons. The highest BCUT2D eigenvalue weighted by Gasteiger charge is 2.28. The van der Waals surface area contributed by atoms with E-state index in [0.717, 1.165) is 43.1 Å². The van der Waals surface area contributed by atoms with Gasteiger partial charge < -0.3 is 15.0 Å². The van der Waals surface area contributed by atoms with Gasteiger partial charge in [0.15, 0.2) is 0 Å². The van der Waals surface area contributed by atoms with Crippen molar-refractivity contribution >= 4 is 29.9 Å². The molecule has 0 aromatic heterocycles. The number of nitrogens with zero attached hydrogens (tertiary/aromatic N) is 1. The lowest BCUT2D eigenvalue weighted by Crippen LogP contribution is -2.48. The molecule has 0 spiro atoms. The van der Waals surface area contributed by atoms with Gasteiger partial charge in [0.2, 0.25) is 5.91 Å². The van der Waals surface area contributed by atoms with E-state index in [9.17, 15) is 4.79 Å². The zero-order valence-electron chi connectivity index (χ0n) is 12.9. The molecule has 0 radical (unpaired) electrons. The molecule has 1 aromatic carbocycles. The van der Waals surface area contributed by atoms with Gasteiger partial charge in [-0.25, -0.2) is 0 Å². The van der Waals surface area contributed by atoms with Crippen molar-refractivity contribution in [3.05, 3.63) is 34.9 Å². The predicted octanol–water partition coefficient (Wildman–Crippen LogP) is 3.05. The first-order valence-corrected chi connectivity index (χ1v) is 7.85. The molecule has 0 bridgehead atoms. The van der Waals surface area contributed by atoms with Crippen molar-refractivity contribution in [2.24, 2.45) is 0 Å². The molecule has 1 aromatic rings. The van der Waals surface area contributed by atoms with Gasteiger partial charge >= 0.3 is 0 Å². The Labute approximate surface area is 143 Å². The van der Waals surface area contributed by atoms with Gasteiger partial charge in [0.1, 0.15) is 0 Å². The molecule has 22 heavy (non-hydrogen) atoms. The van der Waals surface area contributed by atoms with Gasteiger partial charge in [-0.2, -0.15) is 0 Å². The average Bonchev–Trinajstić information content (AvgIpc) is 2.52. The first-order chi connectivity index (χ1) is 10.2. The number of hydrogen-bond donors (Lipinski definition) is 1. The second-order valence-corrected chi connectivity index (χ2v) is 5.69. The minimum atomic E-state index is 0. The maximum absolute atomic E-state index is 12.5. The molecule has 1 unspecified atom stereocenters. The molecule has 6 heteroatoms.